The van der Waals surface area contributed by atoms with Gasteiger partial charge in [-0.1, -0.05) is 29.8 Å². The van der Waals surface area contributed by atoms with Crippen molar-refractivity contribution in [1.82, 2.24) is 19.7 Å². The molecule has 0 unspecified atom stereocenters. The highest BCUT2D eigenvalue weighted by Crippen LogP contribution is 2.25. The first-order valence-corrected chi connectivity index (χ1v) is 9.27. The van der Waals surface area contributed by atoms with Crippen molar-refractivity contribution < 1.29 is 4.79 Å². The van der Waals surface area contributed by atoms with E-state index in [2.05, 4.69) is 15.0 Å². The summed E-state index contributed by atoms with van der Waals surface area (Å²) < 4.78 is 1.76. The van der Waals surface area contributed by atoms with Crippen LogP contribution in [-0.2, 0) is 0 Å². The van der Waals surface area contributed by atoms with Gasteiger partial charge in [-0.2, -0.15) is 5.10 Å². The number of rotatable bonds is 3. The van der Waals surface area contributed by atoms with E-state index in [4.69, 9.17) is 11.6 Å². The SMILES string of the molecule is Cc1nn(-c2ccccc2)cc1C(=O)N1CCN(c2ccncc2Cl)CC1. The molecule has 1 aliphatic rings. The van der Waals surface area contributed by atoms with Crippen molar-refractivity contribution in [3.8, 4) is 5.69 Å². The maximum Gasteiger partial charge on any atom is 0.257 e. The second-order valence-corrected chi connectivity index (χ2v) is 6.92. The topological polar surface area (TPSA) is 54.3 Å². The number of nitrogens with zero attached hydrogens (tertiary/aromatic N) is 5. The maximum absolute atomic E-state index is 13.0. The highest BCUT2D eigenvalue weighted by Gasteiger charge is 2.25. The summed E-state index contributed by atoms with van der Waals surface area (Å²) in [5.41, 5.74) is 3.29. The molecule has 0 bridgehead atoms. The third-order valence-corrected chi connectivity index (χ3v) is 5.10. The normalized spacial score (nSPS) is 14.4. The van der Waals surface area contributed by atoms with Crippen LogP contribution < -0.4 is 4.90 Å². The number of para-hydroxylation sites is 1. The Morgan fingerprint density at radius 1 is 1.07 bits per heavy atom. The van der Waals surface area contributed by atoms with Crippen LogP contribution in [0.3, 0.4) is 0 Å². The van der Waals surface area contributed by atoms with E-state index in [1.807, 2.05) is 54.4 Å². The number of piperazine rings is 1. The Balaban J connectivity index is 1.47. The number of aryl methyl sites for hydroxylation is 1. The number of pyridine rings is 1. The van der Waals surface area contributed by atoms with Gasteiger partial charge in [0, 0.05) is 44.8 Å². The summed E-state index contributed by atoms with van der Waals surface area (Å²) in [6, 6.07) is 11.7. The van der Waals surface area contributed by atoms with E-state index < -0.39 is 0 Å². The molecule has 1 fully saturated rings. The monoisotopic (exact) mass is 381 g/mol. The minimum absolute atomic E-state index is 0.0233. The molecule has 3 aromatic rings. The van der Waals surface area contributed by atoms with Crippen LogP contribution in [0.15, 0.2) is 55.0 Å². The van der Waals surface area contributed by atoms with Gasteiger partial charge < -0.3 is 9.80 Å². The molecule has 0 atom stereocenters. The van der Waals surface area contributed by atoms with Gasteiger partial charge >= 0.3 is 0 Å². The van der Waals surface area contributed by atoms with Crippen LogP contribution in [0.5, 0.6) is 0 Å². The molecular weight excluding hydrogens is 362 g/mol. The molecular formula is C20H20ClN5O. The summed E-state index contributed by atoms with van der Waals surface area (Å²) in [5, 5.41) is 5.14. The van der Waals surface area contributed by atoms with Gasteiger partial charge in [-0.15, -0.1) is 0 Å². The largest absolute Gasteiger partial charge is 0.367 e. The number of aromatic nitrogens is 3. The van der Waals surface area contributed by atoms with Crippen LogP contribution in [0.2, 0.25) is 5.02 Å². The van der Waals surface area contributed by atoms with Crippen molar-refractivity contribution in [2.75, 3.05) is 31.1 Å². The molecule has 6 nitrogen and oxygen atoms in total. The zero-order chi connectivity index (χ0) is 18.8. The van der Waals surface area contributed by atoms with E-state index in [0.29, 0.717) is 23.7 Å². The molecule has 1 amide bonds. The van der Waals surface area contributed by atoms with Crippen LogP contribution >= 0.6 is 11.6 Å². The lowest BCUT2D eigenvalue weighted by Crippen LogP contribution is -2.49. The Morgan fingerprint density at radius 2 is 1.81 bits per heavy atom. The Morgan fingerprint density at radius 3 is 2.52 bits per heavy atom. The van der Waals surface area contributed by atoms with Gasteiger partial charge in [0.25, 0.3) is 5.91 Å². The van der Waals surface area contributed by atoms with E-state index in [1.54, 1.807) is 17.1 Å². The fraction of sp³-hybridized carbons (Fsp3) is 0.250. The average Bonchev–Trinajstić information content (AvgIpc) is 3.10. The number of amides is 1. The molecule has 138 valence electrons. The standard InChI is InChI=1S/C20H20ClN5O/c1-15-17(14-26(23-15)16-5-3-2-4-6-16)20(27)25-11-9-24(10-12-25)19-7-8-22-13-18(19)21/h2-8,13-14H,9-12H2,1H3. The maximum atomic E-state index is 13.0. The minimum atomic E-state index is 0.0233. The Bertz CT molecular complexity index is 948. The van der Waals surface area contributed by atoms with Crippen molar-refractivity contribution in [3.63, 3.8) is 0 Å². The van der Waals surface area contributed by atoms with Gasteiger partial charge in [0.1, 0.15) is 0 Å². The molecule has 3 heterocycles. The van der Waals surface area contributed by atoms with Gasteiger partial charge in [0.05, 0.1) is 27.7 Å². The quantitative estimate of drug-likeness (QED) is 0.699. The number of hydrogen-bond acceptors (Lipinski definition) is 4. The van der Waals surface area contributed by atoms with E-state index in [1.165, 1.54) is 0 Å². The second-order valence-electron chi connectivity index (χ2n) is 6.51. The second kappa shape index (κ2) is 7.40. The lowest BCUT2D eigenvalue weighted by molar-refractivity contribution is 0.0746. The number of carbonyl (C=O) groups is 1. The molecule has 0 N–H and O–H groups in total. The molecule has 0 aliphatic carbocycles. The summed E-state index contributed by atoms with van der Waals surface area (Å²) in [4.78, 5) is 21.1. The highest BCUT2D eigenvalue weighted by molar-refractivity contribution is 6.33. The Kier molecular flexibility index (Phi) is 4.81. The van der Waals surface area contributed by atoms with Crippen molar-refractivity contribution in [3.05, 3.63) is 71.3 Å². The summed E-state index contributed by atoms with van der Waals surface area (Å²) in [6.45, 7) is 4.64. The molecule has 2 aromatic heterocycles. The van der Waals surface area contributed by atoms with Gasteiger partial charge in [0.2, 0.25) is 0 Å². The number of carbonyl (C=O) groups excluding carboxylic acids is 1. The molecule has 7 heteroatoms. The molecule has 27 heavy (non-hydrogen) atoms. The highest BCUT2D eigenvalue weighted by atomic mass is 35.5. The lowest BCUT2D eigenvalue weighted by Gasteiger charge is -2.36. The third-order valence-electron chi connectivity index (χ3n) is 4.81. The number of halogens is 1. The fourth-order valence-corrected chi connectivity index (χ4v) is 3.57. The van der Waals surface area contributed by atoms with Crippen LogP contribution in [-0.4, -0.2) is 51.8 Å². The zero-order valence-corrected chi connectivity index (χ0v) is 15.8. The van der Waals surface area contributed by atoms with Crippen LogP contribution in [0, 0.1) is 6.92 Å². The van der Waals surface area contributed by atoms with Crippen molar-refractivity contribution >= 4 is 23.2 Å². The molecule has 0 saturated carbocycles. The van der Waals surface area contributed by atoms with Crippen molar-refractivity contribution in [1.29, 1.82) is 0 Å². The average molecular weight is 382 g/mol. The summed E-state index contributed by atoms with van der Waals surface area (Å²) in [5.74, 6) is 0.0233. The number of benzene rings is 1. The van der Waals surface area contributed by atoms with Crippen LogP contribution in [0.25, 0.3) is 5.69 Å². The van der Waals surface area contributed by atoms with Gasteiger partial charge in [-0.05, 0) is 25.1 Å². The predicted octanol–water partition coefficient (Wildman–Crippen LogP) is 3.19. The molecule has 1 aliphatic heterocycles. The fourth-order valence-electron chi connectivity index (χ4n) is 3.33. The first kappa shape index (κ1) is 17.5. The summed E-state index contributed by atoms with van der Waals surface area (Å²) >= 11 is 6.24. The number of anilines is 1. The molecule has 0 radical (unpaired) electrons. The van der Waals surface area contributed by atoms with Gasteiger partial charge in [-0.25, -0.2) is 4.68 Å². The van der Waals surface area contributed by atoms with E-state index in [9.17, 15) is 4.79 Å². The molecule has 1 saturated heterocycles. The van der Waals surface area contributed by atoms with Crippen LogP contribution in [0.4, 0.5) is 5.69 Å². The third kappa shape index (κ3) is 3.53. The van der Waals surface area contributed by atoms with Crippen molar-refractivity contribution in [2.24, 2.45) is 0 Å². The first-order valence-electron chi connectivity index (χ1n) is 8.89. The van der Waals surface area contributed by atoms with Gasteiger partial charge in [0.15, 0.2) is 0 Å². The number of hydrogen-bond donors (Lipinski definition) is 0. The summed E-state index contributed by atoms with van der Waals surface area (Å²) in [6.07, 6.45) is 5.20. The Hall–Kier alpha value is -2.86. The van der Waals surface area contributed by atoms with E-state index in [-0.39, 0.29) is 5.91 Å². The minimum Gasteiger partial charge on any atom is -0.367 e. The first-order chi connectivity index (χ1) is 13.1. The molecule has 1 aromatic carbocycles. The Labute approximate surface area is 163 Å². The van der Waals surface area contributed by atoms with Crippen LogP contribution in [0.1, 0.15) is 16.1 Å². The van der Waals surface area contributed by atoms with Crippen molar-refractivity contribution in [2.45, 2.75) is 6.92 Å². The summed E-state index contributed by atoms with van der Waals surface area (Å²) in [7, 11) is 0. The van der Waals surface area contributed by atoms with Gasteiger partial charge in [-0.3, -0.25) is 9.78 Å². The predicted molar refractivity (Wildman–Crippen MR) is 106 cm³/mol. The lowest BCUT2D eigenvalue weighted by atomic mass is 10.2. The van der Waals surface area contributed by atoms with E-state index in [0.717, 1.165) is 30.2 Å². The smallest absolute Gasteiger partial charge is 0.257 e. The zero-order valence-electron chi connectivity index (χ0n) is 15.0. The van der Waals surface area contributed by atoms with E-state index >= 15 is 0 Å². The molecule has 4 rings (SSSR count). The molecule has 0 spiro atoms.